The van der Waals surface area contributed by atoms with E-state index in [4.69, 9.17) is 16.0 Å². The molecule has 0 fully saturated rings. The molecule has 1 heterocycles. The Bertz CT molecular complexity index is 1150. The molecule has 4 nitrogen and oxygen atoms in total. The lowest BCUT2D eigenvalue weighted by molar-refractivity contribution is 0.102. The summed E-state index contributed by atoms with van der Waals surface area (Å²) in [6.45, 7) is 3.93. The summed E-state index contributed by atoms with van der Waals surface area (Å²) in [5, 5.41) is 3.29. The molecular formula is C22H17ClN2O2. The Labute approximate surface area is 161 Å². The van der Waals surface area contributed by atoms with Crippen molar-refractivity contribution in [2.75, 3.05) is 5.32 Å². The molecule has 0 aliphatic carbocycles. The topological polar surface area (TPSA) is 55.1 Å². The predicted octanol–water partition coefficient (Wildman–Crippen LogP) is 6.02. The van der Waals surface area contributed by atoms with E-state index in [0.717, 1.165) is 27.8 Å². The second kappa shape index (κ2) is 6.89. The van der Waals surface area contributed by atoms with E-state index in [0.29, 0.717) is 22.2 Å². The zero-order chi connectivity index (χ0) is 19.0. The largest absolute Gasteiger partial charge is 0.436 e. The van der Waals surface area contributed by atoms with Gasteiger partial charge in [-0.25, -0.2) is 4.98 Å². The number of amides is 1. The number of aryl methyl sites for hydroxylation is 2. The summed E-state index contributed by atoms with van der Waals surface area (Å²) in [6, 6.07) is 18.6. The number of carbonyl (C=O) groups is 1. The van der Waals surface area contributed by atoms with Gasteiger partial charge in [-0.05, 0) is 67.9 Å². The summed E-state index contributed by atoms with van der Waals surface area (Å²) < 4.78 is 5.84. The molecule has 0 saturated heterocycles. The summed E-state index contributed by atoms with van der Waals surface area (Å²) in [4.78, 5) is 17.0. The van der Waals surface area contributed by atoms with Crippen LogP contribution in [0.4, 0.5) is 5.69 Å². The van der Waals surface area contributed by atoms with Gasteiger partial charge >= 0.3 is 0 Å². The van der Waals surface area contributed by atoms with Crippen molar-refractivity contribution in [3.05, 3.63) is 82.4 Å². The number of carbonyl (C=O) groups excluding carboxylic acids is 1. The molecule has 0 aliphatic heterocycles. The molecule has 5 heteroatoms. The number of anilines is 1. The Kier molecular flexibility index (Phi) is 4.42. The van der Waals surface area contributed by atoms with Crippen LogP contribution in [0.5, 0.6) is 0 Å². The molecule has 134 valence electrons. The van der Waals surface area contributed by atoms with Gasteiger partial charge in [-0.1, -0.05) is 29.3 Å². The molecule has 0 bridgehead atoms. The Balaban J connectivity index is 1.56. The average Bonchev–Trinajstić information content (AvgIpc) is 3.07. The number of benzene rings is 3. The van der Waals surface area contributed by atoms with Gasteiger partial charge in [0, 0.05) is 11.3 Å². The molecule has 0 aliphatic rings. The smallest absolute Gasteiger partial charge is 0.257 e. The summed E-state index contributed by atoms with van der Waals surface area (Å²) >= 11 is 6.13. The fourth-order valence-corrected chi connectivity index (χ4v) is 3.07. The number of aromatic nitrogens is 1. The predicted molar refractivity (Wildman–Crippen MR) is 108 cm³/mol. The Morgan fingerprint density at radius 1 is 0.963 bits per heavy atom. The molecule has 0 radical (unpaired) electrons. The highest BCUT2D eigenvalue weighted by atomic mass is 35.5. The molecule has 1 amide bonds. The van der Waals surface area contributed by atoms with E-state index in [1.54, 1.807) is 12.1 Å². The van der Waals surface area contributed by atoms with Gasteiger partial charge in [-0.3, -0.25) is 4.79 Å². The SMILES string of the molecule is Cc1ccc(Cl)c(C(=O)Nc2ccc(-c3nc4ccc(C)cc4o3)cc2)c1. The minimum absolute atomic E-state index is 0.242. The van der Waals surface area contributed by atoms with Crippen molar-refractivity contribution < 1.29 is 9.21 Å². The van der Waals surface area contributed by atoms with Crippen LogP contribution in [0.2, 0.25) is 5.02 Å². The lowest BCUT2D eigenvalue weighted by atomic mass is 10.1. The van der Waals surface area contributed by atoms with E-state index in [-0.39, 0.29) is 5.91 Å². The monoisotopic (exact) mass is 376 g/mol. The summed E-state index contributed by atoms with van der Waals surface area (Å²) in [5.41, 5.74) is 5.65. The second-order valence-corrected chi connectivity index (χ2v) is 6.91. The second-order valence-electron chi connectivity index (χ2n) is 6.50. The van der Waals surface area contributed by atoms with Gasteiger partial charge < -0.3 is 9.73 Å². The molecule has 0 unspecified atom stereocenters. The van der Waals surface area contributed by atoms with Crippen LogP contribution in [0.25, 0.3) is 22.6 Å². The maximum absolute atomic E-state index is 12.5. The third-order valence-electron chi connectivity index (χ3n) is 4.30. The molecule has 3 aromatic carbocycles. The van der Waals surface area contributed by atoms with E-state index in [9.17, 15) is 4.79 Å². The standard InChI is InChI=1S/C22H17ClN2O2/c1-13-3-9-18(23)17(11-13)21(26)24-16-7-5-15(6-8-16)22-25-19-10-4-14(2)12-20(19)27-22/h3-12H,1-2H3,(H,24,26). The molecule has 1 aromatic heterocycles. The summed E-state index contributed by atoms with van der Waals surface area (Å²) in [7, 11) is 0. The van der Waals surface area contributed by atoms with Gasteiger partial charge in [-0.2, -0.15) is 0 Å². The van der Waals surface area contributed by atoms with E-state index in [1.165, 1.54) is 0 Å². The quantitative estimate of drug-likeness (QED) is 0.475. The number of hydrogen-bond donors (Lipinski definition) is 1. The van der Waals surface area contributed by atoms with Gasteiger partial charge in [0.25, 0.3) is 5.91 Å². The maximum atomic E-state index is 12.5. The third kappa shape index (κ3) is 3.57. The van der Waals surface area contributed by atoms with Crippen LogP contribution in [-0.2, 0) is 0 Å². The van der Waals surface area contributed by atoms with Crippen molar-refractivity contribution >= 4 is 34.3 Å². The average molecular weight is 377 g/mol. The molecule has 0 saturated carbocycles. The Hall–Kier alpha value is -3.11. The highest BCUT2D eigenvalue weighted by Gasteiger charge is 2.12. The van der Waals surface area contributed by atoms with Crippen molar-refractivity contribution in [3.8, 4) is 11.5 Å². The van der Waals surface area contributed by atoms with Crippen LogP contribution in [0.15, 0.2) is 65.1 Å². The number of oxazole rings is 1. The number of nitrogens with one attached hydrogen (secondary N) is 1. The minimum Gasteiger partial charge on any atom is -0.436 e. The van der Waals surface area contributed by atoms with Crippen molar-refractivity contribution in [1.29, 1.82) is 0 Å². The van der Waals surface area contributed by atoms with Crippen LogP contribution in [0.3, 0.4) is 0 Å². The zero-order valence-electron chi connectivity index (χ0n) is 14.9. The number of fused-ring (bicyclic) bond motifs is 1. The fraction of sp³-hybridized carbons (Fsp3) is 0.0909. The van der Waals surface area contributed by atoms with Crippen molar-refractivity contribution in [2.24, 2.45) is 0 Å². The number of nitrogens with zero attached hydrogens (tertiary/aromatic N) is 1. The normalized spacial score (nSPS) is 10.9. The van der Waals surface area contributed by atoms with Gasteiger partial charge in [0.1, 0.15) is 5.52 Å². The Morgan fingerprint density at radius 3 is 2.44 bits per heavy atom. The van der Waals surface area contributed by atoms with Gasteiger partial charge in [0.2, 0.25) is 5.89 Å². The first-order valence-corrected chi connectivity index (χ1v) is 8.92. The molecular weight excluding hydrogens is 360 g/mol. The molecule has 4 rings (SSSR count). The highest BCUT2D eigenvalue weighted by Crippen LogP contribution is 2.26. The maximum Gasteiger partial charge on any atom is 0.257 e. The molecule has 0 spiro atoms. The van der Waals surface area contributed by atoms with Crippen LogP contribution < -0.4 is 5.32 Å². The van der Waals surface area contributed by atoms with E-state index in [1.807, 2.05) is 62.4 Å². The van der Waals surface area contributed by atoms with Gasteiger partial charge in [-0.15, -0.1) is 0 Å². The molecule has 1 N–H and O–H groups in total. The van der Waals surface area contributed by atoms with Crippen molar-refractivity contribution in [3.63, 3.8) is 0 Å². The summed E-state index contributed by atoms with van der Waals surface area (Å²) in [5.74, 6) is 0.309. The van der Waals surface area contributed by atoms with Crippen LogP contribution in [0.1, 0.15) is 21.5 Å². The van der Waals surface area contributed by atoms with Crippen LogP contribution in [-0.4, -0.2) is 10.9 Å². The first-order valence-electron chi connectivity index (χ1n) is 8.55. The minimum atomic E-state index is -0.242. The summed E-state index contributed by atoms with van der Waals surface area (Å²) in [6.07, 6.45) is 0. The molecule has 0 atom stereocenters. The van der Waals surface area contributed by atoms with E-state index < -0.39 is 0 Å². The number of hydrogen-bond acceptors (Lipinski definition) is 3. The van der Waals surface area contributed by atoms with Crippen molar-refractivity contribution in [1.82, 2.24) is 4.98 Å². The third-order valence-corrected chi connectivity index (χ3v) is 4.63. The lowest BCUT2D eigenvalue weighted by Gasteiger charge is -2.08. The molecule has 27 heavy (non-hydrogen) atoms. The molecule has 4 aromatic rings. The van der Waals surface area contributed by atoms with E-state index in [2.05, 4.69) is 10.3 Å². The zero-order valence-corrected chi connectivity index (χ0v) is 15.7. The van der Waals surface area contributed by atoms with Gasteiger partial charge in [0.05, 0.1) is 10.6 Å². The van der Waals surface area contributed by atoms with Crippen LogP contribution in [0, 0.1) is 13.8 Å². The van der Waals surface area contributed by atoms with E-state index >= 15 is 0 Å². The first-order chi connectivity index (χ1) is 13.0. The van der Waals surface area contributed by atoms with Gasteiger partial charge in [0.15, 0.2) is 5.58 Å². The fourth-order valence-electron chi connectivity index (χ4n) is 2.86. The lowest BCUT2D eigenvalue weighted by Crippen LogP contribution is -2.12. The Morgan fingerprint density at radius 2 is 1.67 bits per heavy atom. The van der Waals surface area contributed by atoms with Crippen LogP contribution >= 0.6 is 11.6 Å². The highest BCUT2D eigenvalue weighted by molar-refractivity contribution is 6.34. The first kappa shape index (κ1) is 17.3. The van der Waals surface area contributed by atoms with Crippen molar-refractivity contribution in [2.45, 2.75) is 13.8 Å². The number of halogens is 1. The number of rotatable bonds is 3.